The SMILES string of the molecule is CCCNC(=O)C(CC)N(Cc1ccc(C)cc1)C(=O)CCCN(c1cccc(C(F)(F)F)c1)S(C)(=O)=O. The molecule has 0 aliphatic heterocycles. The summed E-state index contributed by atoms with van der Waals surface area (Å²) in [6.45, 7) is 6.16. The Hall–Kier alpha value is -3.08. The maximum atomic E-state index is 13.4. The van der Waals surface area contributed by atoms with Crippen LogP contribution in [0.3, 0.4) is 0 Å². The highest BCUT2D eigenvalue weighted by atomic mass is 32.2. The second-order valence-corrected chi connectivity index (χ2v) is 11.1. The van der Waals surface area contributed by atoms with Crippen LogP contribution in [0, 0.1) is 6.92 Å². The summed E-state index contributed by atoms with van der Waals surface area (Å²) in [5, 5.41) is 2.83. The molecule has 0 radical (unpaired) electrons. The van der Waals surface area contributed by atoms with E-state index in [0.717, 1.165) is 46.3 Å². The number of alkyl halides is 3. The lowest BCUT2D eigenvalue weighted by Crippen LogP contribution is -2.49. The Labute approximate surface area is 223 Å². The second-order valence-electron chi connectivity index (χ2n) is 9.21. The van der Waals surface area contributed by atoms with Gasteiger partial charge in [0.25, 0.3) is 0 Å². The fourth-order valence-electron chi connectivity index (χ4n) is 4.02. The topological polar surface area (TPSA) is 86.8 Å². The van der Waals surface area contributed by atoms with Crippen molar-refractivity contribution in [3.05, 3.63) is 65.2 Å². The molecule has 0 bridgehead atoms. The smallest absolute Gasteiger partial charge is 0.354 e. The summed E-state index contributed by atoms with van der Waals surface area (Å²) in [5.74, 6) is -0.613. The lowest BCUT2D eigenvalue weighted by molar-refractivity contribution is -0.141. The van der Waals surface area contributed by atoms with Gasteiger partial charge in [0.05, 0.1) is 17.5 Å². The third-order valence-corrected chi connectivity index (χ3v) is 7.22. The van der Waals surface area contributed by atoms with Gasteiger partial charge >= 0.3 is 6.18 Å². The predicted octanol–water partition coefficient (Wildman–Crippen LogP) is 4.89. The molecule has 0 heterocycles. The molecule has 0 saturated carbocycles. The van der Waals surface area contributed by atoms with Crippen molar-refractivity contribution in [1.29, 1.82) is 0 Å². The molecule has 0 aromatic heterocycles. The van der Waals surface area contributed by atoms with E-state index in [-0.39, 0.29) is 43.4 Å². The van der Waals surface area contributed by atoms with Crippen LogP contribution >= 0.6 is 0 Å². The first-order chi connectivity index (χ1) is 17.8. The van der Waals surface area contributed by atoms with Gasteiger partial charge < -0.3 is 10.2 Å². The molecule has 1 N–H and O–H groups in total. The number of hydrogen-bond donors (Lipinski definition) is 1. The molecule has 0 fully saturated rings. The van der Waals surface area contributed by atoms with Crippen LogP contribution in [0.2, 0.25) is 0 Å². The predicted molar refractivity (Wildman–Crippen MR) is 142 cm³/mol. The summed E-state index contributed by atoms with van der Waals surface area (Å²) in [6, 6.07) is 10.9. The highest BCUT2D eigenvalue weighted by Gasteiger charge is 2.32. The Morgan fingerprint density at radius 1 is 1.05 bits per heavy atom. The first kappa shape index (κ1) is 31.1. The van der Waals surface area contributed by atoms with Crippen molar-refractivity contribution in [3.63, 3.8) is 0 Å². The number of hydrogen-bond acceptors (Lipinski definition) is 4. The summed E-state index contributed by atoms with van der Waals surface area (Å²) in [7, 11) is -3.92. The Morgan fingerprint density at radius 2 is 1.71 bits per heavy atom. The summed E-state index contributed by atoms with van der Waals surface area (Å²) in [6.07, 6.45) is -2.63. The number of benzene rings is 2. The van der Waals surface area contributed by atoms with Crippen molar-refractivity contribution in [3.8, 4) is 0 Å². The molecule has 2 aromatic carbocycles. The van der Waals surface area contributed by atoms with Crippen LogP contribution in [0.5, 0.6) is 0 Å². The number of nitrogens with zero attached hydrogens (tertiary/aromatic N) is 2. The Kier molecular flexibility index (Phi) is 11.2. The first-order valence-corrected chi connectivity index (χ1v) is 14.4. The average Bonchev–Trinajstić information content (AvgIpc) is 2.85. The molecule has 2 amide bonds. The number of anilines is 1. The van der Waals surface area contributed by atoms with Crippen LogP contribution in [-0.2, 0) is 32.3 Å². The minimum Gasteiger partial charge on any atom is -0.354 e. The Balaban J connectivity index is 2.24. The van der Waals surface area contributed by atoms with Crippen LogP contribution in [-0.4, -0.2) is 50.5 Å². The van der Waals surface area contributed by atoms with Crippen LogP contribution in [0.25, 0.3) is 0 Å². The van der Waals surface area contributed by atoms with E-state index in [1.54, 1.807) is 0 Å². The van der Waals surface area contributed by atoms with Gasteiger partial charge in [-0.15, -0.1) is 0 Å². The van der Waals surface area contributed by atoms with E-state index in [4.69, 9.17) is 0 Å². The number of amides is 2. The number of nitrogens with one attached hydrogen (secondary N) is 1. The Bertz CT molecular complexity index is 1180. The monoisotopic (exact) mass is 555 g/mol. The fourth-order valence-corrected chi connectivity index (χ4v) is 4.97. The van der Waals surface area contributed by atoms with Crippen molar-refractivity contribution in [2.45, 2.75) is 65.2 Å². The number of rotatable bonds is 13. The third-order valence-electron chi connectivity index (χ3n) is 6.02. The number of halogens is 3. The molecule has 38 heavy (non-hydrogen) atoms. The molecule has 7 nitrogen and oxygen atoms in total. The van der Waals surface area contributed by atoms with Crippen molar-refractivity contribution in [2.24, 2.45) is 0 Å². The van der Waals surface area contributed by atoms with E-state index < -0.39 is 27.8 Å². The molecular weight excluding hydrogens is 519 g/mol. The number of aryl methyl sites for hydroxylation is 1. The van der Waals surface area contributed by atoms with Crippen LogP contribution in [0.4, 0.5) is 18.9 Å². The van der Waals surface area contributed by atoms with Crippen LogP contribution in [0.15, 0.2) is 48.5 Å². The maximum Gasteiger partial charge on any atom is 0.416 e. The number of carbonyl (C=O) groups is 2. The molecule has 0 spiro atoms. The lowest BCUT2D eigenvalue weighted by atomic mass is 10.1. The van der Waals surface area contributed by atoms with Gasteiger partial charge in [-0.05, 0) is 49.9 Å². The van der Waals surface area contributed by atoms with Gasteiger partial charge in [-0.3, -0.25) is 13.9 Å². The van der Waals surface area contributed by atoms with Crippen LogP contribution in [0.1, 0.15) is 56.2 Å². The van der Waals surface area contributed by atoms with Gasteiger partial charge in [-0.1, -0.05) is 49.7 Å². The minimum atomic E-state index is -4.63. The summed E-state index contributed by atoms with van der Waals surface area (Å²) in [4.78, 5) is 27.7. The largest absolute Gasteiger partial charge is 0.416 e. The van der Waals surface area contributed by atoms with Crippen LogP contribution < -0.4 is 9.62 Å². The van der Waals surface area contributed by atoms with Crippen molar-refractivity contribution < 1.29 is 31.2 Å². The molecule has 2 aromatic rings. The van der Waals surface area contributed by atoms with Gasteiger partial charge in [-0.25, -0.2) is 8.42 Å². The van der Waals surface area contributed by atoms with Crippen molar-refractivity contribution in [2.75, 3.05) is 23.7 Å². The molecule has 2 rings (SSSR count). The first-order valence-electron chi connectivity index (χ1n) is 12.6. The van der Waals surface area contributed by atoms with Crippen molar-refractivity contribution in [1.82, 2.24) is 10.2 Å². The zero-order valence-corrected chi connectivity index (χ0v) is 23.0. The molecule has 210 valence electrons. The van der Waals surface area contributed by atoms with Gasteiger partial charge in [0.1, 0.15) is 6.04 Å². The van der Waals surface area contributed by atoms with E-state index in [0.29, 0.717) is 13.0 Å². The molecule has 0 aliphatic rings. The van der Waals surface area contributed by atoms with Gasteiger partial charge in [-0.2, -0.15) is 13.2 Å². The van der Waals surface area contributed by atoms with E-state index in [9.17, 15) is 31.2 Å². The van der Waals surface area contributed by atoms with E-state index in [2.05, 4.69) is 5.32 Å². The van der Waals surface area contributed by atoms with E-state index in [1.807, 2.05) is 45.0 Å². The highest BCUT2D eigenvalue weighted by Crippen LogP contribution is 2.32. The van der Waals surface area contributed by atoms with Gasteiger partial charge in [0, 0.05) is 26.1 Å². The zero-order valence-electron chi connectivity index (χ0n) is 22.2. The molecule has 1 atom stereocenters. The normalized spacial score (nSPS) is 12.6. The fraction of sp³-hybridized carbons (Fsp3) is 0.481. The second kappa shape index (κ2) is 13.6. The zero-order chi connectivity index (χ0) is 28.5. The van der Waals surface area contributed by atoms with Gasteiger partial charge in [0.2, 0.25) is 21.8 Å². The van der Waals surface area contributed by atoms with Crippen molar-refractivity contribution >= 4 is 27.5 Å². The van der Waals surface area contributed by atoms with E-state index >= 15 is 0 Å². The Morgan fingerprint density at radius 3 is 2.26 bits per heavy atom. The summed E-state index contributed by atoms with van der Waals surface area (Å²) < 4.78 is 65.2. The number of carbonyl (C=O) groups excluding carboxylic acids is 2. The maximum absolute atomic E-state index is 13.4. The summed E-state index contributed by atoms with van der Waals surface area (Å²) >= 11 is 0. The number of sulfonamides is 1. The molecule has 0 saturated heterocycles. The average molecular weight is 556 g/mol. The molecule has 0 aliphatic carbocycles. The molecular formula is C27H36F3N3O4S. The van der Waals surface area contributed by atoms with E-state index in [1.165, 1.54) is 11.0 Å². The third kappa shape index (κ3) is 9.04. The lowest BCUT2D eigenvalue weighted by Gasteiger charge is -2.31. The molecule has 11 heteroatoms. The molecule has 1 unspecified atom stereocenters. The minimum absolute atomic E-state index is 0.0551. The highest BCUT2D eigenvalue weighted by molar-refractivity contribution is 7.92. The quantitative estimate of drug-likeness (QED) is 0.381. The standard InChI is InChI=1S/C27H36F3N3O4S/c1-5-16-31-26(35)24(6-2)32(19-21-14-12-20(3)13-15-21)25(34)11-8-17-33(38(4,36)37)23-10-7-9-22(18-23)27(28,29)30/h7,9-10,12-15,18,24H,5-6,8,11,16-17,19H2,1-4H3,(H,31,35). The summed E-state index contributed by atoms with van der Waals surface area (Å²) in [5.41, 5.74) is 0.798. The van der Waals surface area contributed by atoms with Gasteiger partial charge in [0.15, 0.2) is 0 Å².